The molecule has 0 aliphatic carbocycles. The Balaban J connectivity index is 2.88. The molecule has 1 aliphatic heterocycles. The third kappa shape index (κ3) is 2.83. The molecule has 1 rings (SSSR count). The minimum absolute atomic E-state index is 0.113. The summed E-state index contributed by atoms with van der Waals surface area (Å²) in [7, 11) is 0. The molecular weight excluding hydrogens is 200 g/mol. The zero-order valence-corrected chi connectivity index (χ0v) is 11.3. The molecule has 3 nitrogen and oxygen atoms in total. The van der Waals surface area contributed by atoms with Crippen LogP contribution in [0.15, 0.2) is 4.99 Å². The topological polar surface area (TPSA) is 35.8 Å². The van der Waals surface area contributed by atoms with Crippen LogP contribution in [0.2, 0.25) is 0 Å². The van der Waals surface area contributed by atoms with Gasteiger partial charge >= 0.3 is 0 Å². The van der Waals surface area contributed by atoms with Crippen molar-refractivity contribution in [2.75, 3.05) is 13.2 Å². The molecule has 0 aromatic heterocycles. The number of nitrogens with zero attached hydrogens (tertiary/aromatic N) is 2. The number of aliphatic hydroxyl groups is 1. The smallest absolute Gasteiger partial charge is 0.0558 e. The number of piperidine rings is 1. The molecule has 0 unspecified atom stereocenters. The summed E-state index contributed by atoms with van der Waals surface area (Å²) in [6.07, 6.45) is 4.06. The second-order valence-corrected chi connectivity index (χ2v) is 5.97. The predicted molar refractivity (Wildman–Crippen MR) is 69.1 cm³/mol. The molecule has 1 aliphatic rings. The Hall–Kier alpha value is -0.410. The molecule has 3 heteroatoms. The predicted octanol–water partition coefficient (Wildman–Crippen LogP) is 2.09. The van der Waals surface area contributed by atoms with Crippen LogP contribution in [-0.2, 0) is 0 Å². The van der Waals surface area contributed by atoms with E-state index in [0.29, 0.717) is 6.04 Å². The van der Waals surface area contributed by atoms with E-state index in [9.17, 15) is 5.11 Å². The van der Waals surface area contributed by atoms with E-state index < -0.39 is 0 Å². The second-order valence-electron chi connectivity index (χ2n) is 5.97. The third-order valence-corrected chi connectivity index (χ3v) is 3.62. The third-order valence-electron chi connectivity index (χ3n) is 3.62. The average molecular weight is 226 g/mol. The second kappa shape index (κ2) is 4.84. The van der Waals surface area contributed by atoms with Crippen molar-refractivity contribution in [2.45, 2.75) is 64.6 Å². The number of aliphatic imine (C=N–C) groups is 1. The Kier molecular flexibility index (Phi) is 4.13. The van der Waals surface area contributed by atoms with Gasteiger partial charge in [0.25, 0.3) is 0 Å². The molecule has 1 N–H and O–H groups in total. The first-order chi connectivity index (χ1) is 7.33. The van der Waals surface area contributed by atoms with Gasteiger partial charge in [0.05, 0.1) is 12.6 Å². The van der Waals surface area contributed by atoms with Crippen LogP contribution in [-0.4, -0.2) is 46.5 Å². The number of aliphatic hydroxyl groups excluding tert-OH is 1. The normalized spacial score (nSPS) is 26.4. The number of β-amino-alcohol motifs (C(OH)–C–C–N with tert-alkyl or cyclic N) is 1. The van der Waals surface area contributed by atoms with Crippen LogP contribution in [0, 0.1) is 0 Å². The van der Waals surface area contributed by atoms with Gasteiger partial charge in [-0.05, 0) is 53.7 Å². The van der Waals surface area contributed by atoms with Crippen LogP contribution in [0.3, 0.4) is 0 Å². The summed E-state index contributed by atoms with van der Waals surface area (Å²) in [4.78, 5) is 6.97. The Morgan fingerprint density at radius 3 is 2.12 bits per heavy atom. The van der Waals surface area contributed by atoms with E-state index >= 15 is 0 Å². The molecule has 0 aromatic carbocycles. The van der Waals surface area contributed by atoms with Crippen LogP contribution < -0.4 is 0 Å². The van der Waals surface area contributed by atoms with E-state index in [2.05, 4.69) is 37.6 Å². The van der Waals surface area contributed by atoms with Gasteiger partial charge < -0.3 is 5.11 Å². The standard InChI is InChI=1S/C13H26N2O/c1-6-14-11-9-12(2,3)15(7-8-16)13(4,5)10-11/h6,11,16H,7-10H2,1-5H3. The average Bonchev–Trinajstić information content (AvgIpc) is 2.10. The molecule has 1 heterocycles. The maximum atomic E-state index is 9.18. The lowest BCUT2D eigenvalue weighted by atomic mass is 9.77. The van der Waals surface area contributed by atoms with E-state index in [-0.39, 0.29) is 17.7 Å². The van der Waals surface area contributed by atoms with Crippen molar-refractivity contribution in [1.29, 1.82) is 0 Å². The van der Waals surface area contributed by atoms with Crippen molar-refractivity contribution in [2.24, 2.45) is 4.99 Å². The maximum Gasteiger partial charge on any atom is 0.0558 e. The van der Waals surface area contributed by atoms with Gasteiger partial charge in [0.2, 0.25) is 0 Å². The highest BCUT2D eigenvalue weighted by Crippen LogP contribution is 2.39. The van der Waals surface area contributed by atoms with Gasteiger partial charge in [0.15, 0.2) is 0 Å². The molecule has 0 aromatic rings. The minimum Gasteiger partial charge on any atom is -0.395 e. The molecule has 0 spiro atoms. The number of likely N-dealkylation sites (tertiary alicyclic amines) is 1. The highest BCUT2D eigenvalue weighted by atomic mass is 16.3. The summed E-state index contributed by atoms with van der Waals surface area (Å²) in [6, 6.07) is 0.421. The molecule has 16 heavy (non-hydrogen) atoms. The van der Waals surface area contributed by atoms with Crippen LogP contribution in [0.25, 0.3) is 0 Å². The van der Waals surface area contributed by atoms with Crippen LogP contribution in [0.1, 0.15) is 47.5 Å². The lowest BCUT2D eigenvalue weighted by molar-refractivity contribution is -0.0430. The van der Waals surface area contributed by atoms with E-state index in [1.165, 1.54) is 0 Å². The van der Waals surface area contributed by atoms with Crippen LogP contribution >= 0.6 is 0 Å². The van der Waals surface area contributed by atoms with Gasteiger partial charge in [-0.15, -0.1) is 0 Å². The first-order valence-corrected chi connectivity index (χ1v) is 6.20. The fourth-order valence-corrected chi connectivity index (χ4v) is 3.29. The van der Waals surface area contributed by atoms with Crippen molar-refractivity contribution in [3.63, 3.8) is 0 Å². The molecule has 1 saturated heterocycles. The number of hydrogen-bond acceptors (Lipinski definition) is 3. The summed E-state index contributed by atoms with van der Waals surface area (Å²) >= 11 is 0. The Morgan fingerprint density at radius 1 is 1.25 bits per heavy atom. The number of hydrogen-bond donors (Lipinski definition) is 1. The van der Waals surface area contributed by atoms with Gasteiger partial charge in [-0.3, -0.25) is 9.89 Å². The Morgan fingerprint density at radius 2 is 1.75 bits per heavy atom. The molecular formula is C13H26N2O. The fraction of sp³-hybridized carbons (Fsp3) is 0.923. The Bertz CT molecular complexity index is 241. The van der Waals surface area contributed by atoms with E-state index in [1.807, 2.05) is 13.1 Å². The van der Waals surface area contributed by atoms with Crippen molar-refractivity contribution < 1.29 is 5.11 Å². The maximum absolute atomic E-state index is 9.18. The van der Waals surface area contributed by atoms with E-state index in [4.69, 9.17) is 0 Å². The molecule has 1 fully saturated rings. The van der Waals surface area contributed by atoms with Gasteiger partial charge in [-0.2, -0.15) is 0 Å². The lowest BCUT2D eigenvalue weighted by Crippen LogP contribution is -2.62. The zero-order chi connectivity index (χ0) is 12.4. The quantitative estimate of drug-likeness (QED) is 0.748. The number of rotatable bonds is 3. The molecule has 0 amide bonds. The zero-order valence-electron chi connectivity index (χ0n) is 11.3. The minimum atomic E-state index is 0.113. The highest BCUT2D eigenvalue weighted by Gasteiger charge is 2.44. The lowest BCUT2D eigenvalue weighted by Gasteiger charge is -2.54. The first-order valence-electron chi connectivity index (χ1n) is 6.20. The van der Waals surface area contributed by atoms with Crippen LogP contribution in [0.5, 0.6) is 0 Å². The van der Waals surface area contributed by atoms with E-state index in [0.717, 1.165) is 19.4 Å². The molecule has 94 valence electrons. The van der Waals surface area contributed by atoms with Crippen molar-refractivity contribution >= 4 is 6.21 Å². The van der Waals surface area contributed by atoms with Gasteiger partial charge in [-0.25, -0.2) is 0 Å². The SMILES string of the molecule is CC=NC1CC(C)(C)N(CCO)C(C)(C)C1. The van der Waals surface area contributed by atoms with Crippen LogP contribution in [0.4, 0.5) is 0 Å². The summed E-state index contributed by atoms with van der Waals surface area (Å²) < 4.78 is 0. The van der Waals surface area contributed by atoms with Crippen molar-refractivity contribution in [1.82, 2.24) is 4.90 Å². The van der Waals surface area contributed by atoms with Gasteiger partial charge in [0, 0.05) is 17.6 Å². The molecule has 0 bridgehead atoms. The summed E-state index contributed by atoms with van der Waals surface area (Å²) in [5, 5.41) is 9.18. The fourth-order valence-electron chi connectivity index (χ4n) is 3.29. The van der Waals surface area contributed by atoms with Gasteiger partial charge in [-0.1, -0.05) is 0 Å². The molecule has 0 saturated carbocycles. The largest absolute Gasteiger partial charge is 0.395 e. The van der Waals surface area contributed by atoms with Crippen molar-refractivity contribution in [3.05, 3.63) is 0 Å². The summed E-state index contributed by atoms with van der Waals surface area (Å²) in [5.41, 5.74) is 0.226. The highest BCUT2D eigenvalue weighted by molar-refractivity contribution is 5.53. The monoisotopic (exact) mass is 226 g/mol. The Labute approximate surface area is 99.6 Å². The van der Waals surface area contributed by atoms with Crippen molar-refractivity contribution in [3.8, 4) is 0 Å². The van der Waals surface area contributed by atoms with E-state index in [1.54, 1.807) is 0 Å². The van der Waals surface area contributed by atoms with Gasteiger partial charge in [0.1, 0.15) is 0 Å². The molecule has 0 atom stereocenters. The first kappa shape index (κ1) is 13.7. The summed E-state index contributed by atoms with van der Waals surface area (Å²) in [5.74, 6) is 0. The summed E-state index contributed by atoms with van der Waals surface area (Å²) in [6.45, 7) is 12.0. The molecule has 0 radical (unpaired) electrons.